The molecule has 2 atom stereocenters. The number of Topliss-reactive ketones (excluding diaryl/α,β-unsaturated/α-hetero) is 1. The molecule has 1 rings (SSSR count). The maximum absolute atomic E-state index is 12.0. The minimum atomic E-state index is -1.26. The van der Waals surface area contributed by atoms with Gasteiger partial charge in [0.2, 0.25) is 0 Å². The fourth-order valence-corrected chi connectivity index (χ4v) is 2.03. The predicted molar refractivity (Wildman–Crippen MR) is 69.9 cm³/mol. The van der Waals surface area contributed by atoms with E-state index in [-0.39, 0.29) is 12.2 Å². The van der Waals surface area contributed by atoms with E-state index >= 15 is 0 Å². The molecule has 0 saturated carbocycles. The molecule has 0 fully saturated rings. The number of hydrogen-bond acceptors (Lipinski definition) is 3. The molecule has 1 N–H and O–H groups in total. The lowest BCUT2D eigenvalue weighted by Crippen LogP contribution is -2.41. The molecule has 1 aromatic carbocycles. The van der Waals surface area contributed by atoms with Gasteiger partial charge in [-0.25, -0.2) is 0 Å². The number of rotatable bonds is 5. The molecular formula is C15H19NO2. The number of aliphatic hydroxyl groups is 1. The average molecular weight is 245 g/mol. The third-order valence-electron chi connectivity index (χ3n) is 3.47. The SMILES string of the molecule is CCC(C)(O)CC(C#N)(C(C)=O)c1ccccc1. The maximum atomic E-state index is 12.0. The van der Waals surface area contributed by atoms with Gasteiger partial charge in [-0.05, 0) is 25.8 Å². The fraction of sp³-hybridized carbons (Fsp3) is 0.467. The normalized spacial score (nSPS) is 17.3. The summed E-state index contributed by atoms with van der Waals surface area (Å²) in [5.41, 5.74) is -1.65. The topological polar surface area (TPSA) is 61.1 Å². The van der Waals surface area contributed by atoms with Crippen LogP contribution in [0.3, 0.4) is 0 Å². The van der Waals surface area contributed by atoms with E-state index < -0.39 is 11.0 Å². The zero-order chi connectivity index (χ0) is 13.8. The highest BCUT2D eigenvalue weighted by atomic mass is 16.3. The molecule has 0 aromatic heterocycles. The van der Waals surface area contributed by atoms with Crippen LogP contribution in [-0.4, -0.2) is 16.5 Å². The van der Waals surface area contributed by atoms with Gasteiger partial charge in [-0.2, -0.15) is 5.26 Å². The predicted octanol–water partition coefficient (Wildman–Crippen LogP) is 2.59. The molecule has 0 radical (unpaired) electrons. The fourth-order valence-electron chi connectivity index (χ4n) is 2.03. The number of hydrogen-bond donors (Lipinski definition) is 1. The average Bonchev–Trinajstić information content (AvgIpc) is 2.37. The molecule has 0 spiro atoms. The Hall–Kier alpha value is -1.66. The molecule has 0 saturated heterocycles. The van der Waals surface area contributed by atoms with Crippen LogP contribution in [0.4, 0.5) is 0 Å². The third-order valence-corrected chi connectivity index (χ3v) is 3.47. The summed E-state index contributed by atoms with van der Waals surface area (Å²) in [7, 11) is 0. The van der Waals surface area contributed by atoms with Crippen molar-refractivity contribution in [1.82, 2.24) is 0 Å². The molecule has 0 aliphatic rings. The van der Waals surface area contributed by atoms with Crippen LogP contribution in [0.25, 0.3) is 0 Å². The van der Waals surface area contributed by atoms with Crippen LogP contribution >= 0.6 is 0 Å². The van der Waals surface area contributed by atoms with Crippen molar-refractivity contribution >= 4 is 5.78 Å². The van der Waals surface area contributed by atoms with Crippen molar-refractivity contribution in [2.45, 2.75) is 44.6 Å². The van der Waals surface area contributed by atoms with Gasteiger partial charge in [0.15, 0.2) is 5.78 Å². The van der Waals surface area contributed by atoms with Gasteiger partial charge in [0.05, 0.1) is 11.7 Å². The van der Waals surface area contributed by atoms with E-state index in [9.17, 15) is 15.2 Å². The van der Waals surface area contributed by atoms with Crippen LogP contribution in [0.15, 0.2) is 30.3 Å². The van der Waals surface area contributed by atoms with Gasteiger partial charge >= 0.3 is 0 Å². The summed E-state index contributed by atoms with van der Waals surface area (Å²) >= 11 is 0. The van der Waals surface area contributed by atoms with E-state index in [1.807, 2.05) is 13.0 Å². The number of ketones is 1. The van der Waals surface area contributed by atoms with Crippen LogP contribution in [-0.2, 0) is 10.2 Å². The Balaban J connectivity index is 3.29. The Bertz CT molecular complexity index is 459. The Morgan fingerprint density at radius 1 is 1.39 bits per heavy atom. The zero-order valence-corrected chi connectivity index (χ0v) is 11.1. The summed E-state index contributed by atoms with van der Waals surface area (Å²) in [5.74, 6) is -0.232. The number of carbonyl (C=O) groups is 1. The van der Waals surface area contributed by atoms with Crippen molar-refractivity contribution in [1.29, 1.82) is 5.26 Å². The molecule has 3 nitrogen and oxygen atoms in total. The zero-order valence-electron chi connectivity index (χ0n) is 11.1. The van der Waals surface area contributed by atoms with E-state index in [1.54, 1.807) is 31.2 Å². The number of nitriles is 1. The van der Waals surface area contributed by atoms with Crippen molar-refractivity contribution in [2.75, 3.05) is 0 Å². The first-order chi connectivity index (χ1) is 8.38. The second-order valence-corrected chi connectivity index (χ2v) is 4.97. The molecule has 0 aliphatic carbocycles. The number of benzene rings is 1. The van der Waals surface area contributed by atoms with E-state index in [4.69, 9.17) is 0 Å². The largest absolute Gasteiger partial charge is 0.390 e. The molecule has 1 aromatic rings. The molecule has 0 amide bonds. The van der Waals surface area contributed by atoms with Crippen LogP contribution < -0.4 is 0 Å². The highest BCUT2D eigenvalue weighted by Gasteiger charge is 2.42. The Labute approximate surface area is 108 Å². The second kappa shape index (κ2) is 5.32. The standard InChI is InChI=1S/C15H19NO2/c1-4-14(3,18)10-15(11-16,12(2)17)13-8-6-5-7-9-13/h5-9,18H,4,10H2,1-3H3. The molecule has 18 heavy (non-hydrogen) atoms. The summed E-state index contributed by atoms with van der Waals surface area (Å²) in [6.07, 6.45) is 0.614. The molecule has 0 heterocycles. The summed E-state index contributed by atoms with van der Waals surface area (Å²) in [6.45, 7) is 4.90. The third kappa shape index (κ3) is 2.77. The van der Waals surface area contributed by atoms with Gasteiger partial charge in [-0.3, -0.25) is 4.79 Å². The molecule has 2 unspecified atom stereocenters. The molecule has 0 aliphatic heterocycles. The summed E-state index contributed by atoms with van der Waals surface area (Å²) in [6, 6.07) is 11.1. The lowest BCUT2D eigenvalue weighted by atomic mass is 9.70. The second-order valence-electron chi connectivity index (χ2n) is 4.97. The van der Waals surface area contributed by atoms with Gasteiger partial charge in [-0.15, -0.1) is 0 Å². The lowest BCUT2D eigenvalue weighted by Gasteiger charge is -2.32. The summed E-state index contributed by atoms with van der Waals surface area (Å²) in [4.78, 5) is 12.0. The van der Waals surface area contributed by atoms with Gasteiger partial charge in [0.1, 0.15) is 5.41 Å². The molecular weight excluding hydrogens is 226 g/mol. The summed E-state index contributed by atoms with van der Waals surface area (Å²) < 4.78 is 0. The Kier molecular flexibility index (Phi) is 4.26. The first-order valence-electron chi connectivity index (χ1n) is 6.08. The smallest absolute Gasteiger partial charge is 0.154 e. The van der Waals surface area contributed by atoms with E-state index in [1.165, 1.54) is 6.92 Å². The first kappa shape index (κ1) is 14.4. The maximum Gasteiger partial charge on any atom is 0.154 e. The minimum absolute atomic E-state index is 0.117. The minimum Gasteiger partial charge on any atom is -0.390 e. The monoisotopic (exact) mass is 245 g/mol. The van der Waals surface area contributed by atoms with Gasteiger partial charge in [0, 0.05) is 6.42 Å². The highest BCUT2D eigenvalue weighted by Crippen LogP contribution is 2.34. The van der Waals surface area contributed by atoms with Crippen molar-refractivity contribution in [2.24, 2.45) is 0 Å². The van der Waals surface area contributed by atoms with E-state index in [0.29, 0.717) is 12.0 Å². The van der Waals surface area contributed by atoms with E-state index in [2.05, 4.69) is 6.07 Å². The van der Waals surface area contributed by atoms with Crippen LogP contribution in [0, 0.1) is 11.3 Å². The van der Waals surface area contributed by atoms with Gasteiger partial charge in [-0.1, -0.05) is 37.3 Å². The lowest BCUT2D eigenvalue weighted by molar-refractivity contribution is -0.122. The van der Waals surface area contributed by atoms with Crippen LogP contribution in [0.1, 0.15) is 39.2 Å². The molecule has 3 heteroatoms. The Morgan fingerprint density at radius 3 is 2.33 bits per heavy atom. The first-order valence-corrected chi connectivity index (χ1v) is 6.08. The van der Waals surface area contributed by atoms with Crippen molar-refractivity contribution in [3.63, 3.8) is 0 Å². The molecule has 96 valence electrons. The van der Waals surface area contributed by atoms with Crippen molar-refractivity contribution in [3.05, 3.63) is 35.9 Å². The van der Waals surface area contributed by atoms with Gasteiger partial charge < -0.3 is 5.11 Å². The number of nitrogens with zero attached hydrogens (tertiary/aromatic N) is 1. The highest BCUT2D eigenvalue weighted by molar-refractivity contribution is 5.91. The Morgan fingerprint density at radius 2 is 1.94 bits per heavy atom. The molecule has 0 bridgehead atoms. The van der Waals surface area contributed by atoms with Gasteiger partial charge in [0.25, 0.3) is 0 Å². The van der Waals surface area contributed by atoms with E-state index in [0.717, 1.165) is 0 Å². The van der Waals surface area contributed by atoms with Crippen molar-refractivity contribution < 1.29 is 9.90 Å². The summed E-state index contributed by atoms with van der Waals surface area (Å²) in [5, 5.41) is 19.7. The quantitative estimate of drug-likeness (QED) is 0.867. The van der Waals surface area contributed by atoms with Crippen LogP contribution in [0.2, 0.25) is 0 Å². The van der Waals surface area contributed by atoms with Crippen LogP contribution in [0.5, 0.6) is 0 Å². The van der Waals surface area contributed by atoms with Crippen molar-refractivity contribution in [3.8, 4) is 6.07 Å². The number of carbonyl (C=O) groups excluding carboxylic acids is 1.